The second kappa shape index (κ2) is 5.43. The van der Waals surface area contributed by atoms with Crippen LogP contribution in [-0.4, -0.2) is 26.9 Å². The molecule has 0 fully saturated rings. The molecule has 0 aliphatic heterocycles. The third kappa shape index (κ3) is 3.27. The van der Waals surface area contributed by atoms with Crippen LogP contribution in [0.5, 0.6) is 0 Å². The highest BCUT2D eigenvalue weighted by molar-refractivity contribution is 5.32. The number of anilines is 1. The SMILES string of the molecule is Cc1ccc(NCCCc2cn[nH]c2C)nn1. The van der Waals surface area contributed by atoms with Crippen LogP contribution in [0.1, 0.15) is 23.4 Å². The van der Waals surface area contributed by atoms with Crippen molar-refractivity contribution >= 4 is 5.82 Å². The molecule has 0 atom stereocenters. The molecule has 2 aromatic heterocycles. The summed E-state index contributed by atoms with van der Waals surface area (Å²) in [6, 6.07) is 3.90. The van der Waals surface area contributed by atoms with Gasteiger partial charge < -0.3 is 5.32 Å². The van der Waals surface area contributed by atoms with Gasteiger partial charge in [-0.1, -0.05) is 0 Å². The number of hydrogen-bond donors (Lipinski definition) is 2. The summed E-state index contributed by atoms with van der Waals surface area (Å²) in [5, 5.41) is 18.2. The first kappa shape index (κ1) is 11.6. The largest absolute Gasteiger partial charge is 0.369 e. The number of H-pyrrole nitrogens is 1. The number of hydrogen-bond acceptors (Lipinski definition) is 4. The maximum absolute atomic E-state index is 4.05. The van der Waals surface area contributed by atoms with Crippen molar-refractivity contribution in [2.75, 3.05) is 11.9 Å². The fraction of sp³-hybridized carbons (Fsp3) is 0.417. The van der Waals surface area contributed by atoms with Gasteiger partial charge in [0.1, 0.15) is 5.82 Å². The number of nitrogens with one attached hydrogen (secondary N) is 2. The molecule has 0 saturated heterocycles. The third-order valence-electron chi connectivity index (χ3n) is 2.66. The molecule has 90 valence electrons. The van der Waals surface area contributed by atoms with Crippen molar-refractivity contribution in [3.8, 4) is 0 Å². The van der Waals surface area contributed by atoms with Crippen molar-refractivity contribution in [3.63, 3.8) is 0 Å². The average Bonchev–Trinajstić information content (AvgIpc) is 2.73. The first-order valence-corrected chi connectivity index (χ1v) is 5.79. The van der Waals surface area contributed by atoms with Crippen LogP contribution in [0.3, 0.4) is 0 Å². The van der Waals surface area contributed by atoms with Crippen molar-refractivity contribution in [1.29, 1.82) is 0 Å². The molecule has 0 aliphatic rings. The summed E-state index contributed by atoms with van der Waals surface area (Å²) in [6.07, 6.45) is 3.96. The van der Waals surface area contributed by atoms with Crippen LogP contribution >= 0.6 is 0 Å². The van der Waals surface area contributed by atoms with Crippen molar-refractivity contribution in [2.24, 2.45) is 0 Å². The molecule has 5 heteroatoms. The predicted molar refractivity (Wildman–Crippen MR) is 66.9 cm³/mol. The summed E-state index contributed by atoms with van der Waals surface area (Å²) in [4.78, 5) is 0. The first-order valence-electron chi connectivity index (χ1n) is 5.79. The van der Waals surface area contributed by atoms with Crippen LogP contribution < -0.4 is 5.32 Å². The molecule has 0 radical (unpaired) electrons. The second-order valence-corrected chi connectivity index (χ2v) is 4.11. The monoisotopic (exact) mass is 231 g/mol. The highest BCUT2D eigenvalue weighted by atomic mass is 15.2. The van der Waals surface area contributed by atoms with E-state index in [1.165, 1.54) is 5.56 Å². The molecular weight excluding hydrogens is 214 g/mol. The van der Waals surface area contributed by atoms with Crippen LogP contribution in [-0.2, 0) is 6.42 Å². The Bertz CT molecular complexity index is 460. The minimum atomic E-state index is 0.833. The molecule has 0 unspecified atom stereocenters. The Hall–Kier alpha value is -1.91. The molecule has 17 heavy (non-hydrogen) atoms. The van der Waals surface area contributed by atoms with Gasteiger partial charge in [0.25, 0.3) is 0 Å². The second-order valence-electron chi connectivity index (χ2n) is 4.11. The molecule has 0 aliphatic carbocycles. The van der Waals surface area contributed by atoms with Crippen molar-refractivity contribution in [2.45, 2.75) is 26.7 Å². The minimum absolute atomic E-state index is 0.833. The molecule has 0 saturated carbocycles. The van der Waals surface area contributed by atoms with E-state index in [9.17, 15) is 0 Å². The van der Waals surface area contributed by atoms with Gasteiger partial charge >= 0.3 is 0 Å². The standard InChI is InChI=1S/C12H17N5/c1-9-5-6-12(17-15-9)13-7-3-4-11-8-14-16-10(11)2/h5-6,8H,3-4,7H2,1-2H3,(H,13,17)(H,14,16). The summed E-state index contributed by atoms with van der Waals surface area (Å²) >= 11 is 0. The fourth-order valence-electron chi connectivity index (χ4n) is 1.62. The molecule has 2 N–H and O–H groups in total. The van der Waals surface area contributed by atoms with E-state index in [1.54, 1.807) is 0 Å². The Kier molecular flexibility index (Phi) is 3.69. The van der Waals surface area contributed by atoms with E-state index in [0.717, 1.165) is 36.6 Å². The summed E-state index contributed by atoms with van der Waals surface area (Å²) in [5.74, 6) is 0.833. The van der Waals surface area contributed by atoms with E-state index in [1.807, 2.05) is 32.2 Å². The average molecular weight is 231 g/mol. The number of aryl methyl sites for hydroxylation is 3. The molecule has 2 heterocycles. The molecule has 0 amide bonds. The minimum Gasteiger partial charge on any atom is -0.369 e. The Morgan fingerprint density at radius 3 is 2.76 bits per heavy atom. The van der Waals surface area contributed by atoms with E-state index in [2.05, 4.69) is 25.7 Å². The topological polar surface area (TPSA) is 66.5 Å². The van der Waals surface area contributed by atoms with Crippen LogP contribution in [0.25, 0.3) is 0 Å². The maximum Gasteiger partial charge on any atom is 0.148 e. The lowest BCUT2D eigenvalue weighted by Crippen LogP contribution is -2.05. The van der Waals surface area contributed by atoms with Gasteiger partial charge in [-0.25, -0.2) is 0 Å². The van der Waals surface area contributed by atoms with Crippen LogP contribution in [0.2, 0.25) is 0 Å². The summed E-state index contributed by atoms with van der Waals surface area (Å²) in [5.41, 5.74) is 3.37. The first-order chi connectivity index (χ1) is 8.25. The van der Waals surface area contributed by atoms with Gasteiger partial charge in [-0.3, -0.25) is 5.10 Å². The lowest BCUT2D eigenvalue weighted by molar-refractivity contribution is 0.846. The summed E-state index contributed by atoms with van der Waals surface area (Å²) in [7, 11) is 0. The van der Waals surface area contributed by atoms with E-state index in [0.29, 0.717) is 0 Å². The molecule has 2 rings (SSSR count). The van der Waals surface area contributed by atoms with Gasteiger partial charge in [0.2, 0.25) is 0 Å². The van der Waals surface area contributed by atoms with Gasteiger partial charge in [0.15, 0.2) is 0 Å². The molecule has 5 nitrogen and oxygen atoms in total. The van der Waals surface area contributed by atoms with Gasteiger partial charge in [0, 0.05) is 12.2 Å². The van der Waals surface area contributed by atoms with Gasteiger partial charge in [-0.05, 0) is 44.4 Å². The highest BCUT2D eigenvalue weighted by Crippen LogP contribution is 2.06. The maximum atomic E-state index is 4.05. The number of nitrogens with zero attached hydrogens (tertiary/aromatic N) is 3. The van der Waals surface area contributed by atoms with Crippen molar-refractivity contribution in [1.82, 2.24) is 20.4 Å². The molecular formula is C12H17N5. The predicted octanol–water partition coefficient (Wildman–Crippen LogP) is 1.86. The summed E-state index contributed by atoms with van der Waals surface area (Å²) in [6.45, 7) is 4.86. The zero-order valence-electron chi connectivity index (χ0n) is 10.2. The van der Waals surface area contributed by atoms with E-state index in [4.69, 9.17) is 0 Å². The Labute approximate surface area is 101 Å². The number of aromatic amines is 1. The lowest BCUT2D eigenvalue weighted by atomic mass is 10.1. The Morgan fingerprint density at radius 2 is 2.12 bits per heavy atom. The molecule has 0 aromatic carbocycles. The van der Waals surface area contributed by atoms with Crippen LogP contribution in [0.4, 0.5) is 5.82 Å². The van der Waals surface area contributed by atoms with Crippen LogP contribution in [0.15, 0.2) is 18.3 Å². The third-order valence-corrected chi connectivity index (χ3v) is 2.66. The van der Waals surface area contributed by atoms with Crippen LogP contribution in [0, 0.1) is 13.8 Å². The summed E-state index contributed by atoms with van der Waals surface area (Å²) < 4.78 is 0. The zero-order chi connectivity index (χ0) is 12.1. The van der Waals surface area contributed by atoms with Gasteiger partial charge in [0.05, 0.1) is 11.9 Å². The molecule has 0 spiro atoms. The van der Waals surface area contributed by atoms with Crippen molar-refractivity contribution in [3.05, 3.63) is 35.3 Å². The number of rotatable bonds is 5. The molecule has 2 aromatic rings. The van der Waals surface area contributed by atoms with Crippen molar-refractivity contribution < 1.29 is 0 Å². The number of aromatic nitrogens is 4. The van der Waals surface area contributed by atoms with E-state index < -0.39 is 0 Å². The smallest absolute Gasteiger partial charge is 0.148 e. The van der Waals surface area contributed by atoms with Gasteiger partial charge in [-0.2, -0.15) is 10.2 Å². The fourth-order valence-corrected chi connectivity index (χ4v) is 1.62. The Balaban J connectivity index is 1.73. The van der Waals surface area contributed by atoms with E-state index >= 15 is 0 Å². The quantitative estimate of drug-likeness (QED) is 0.771. The van der Waals surface area contributed by atoms with E-state index in [-0.39, 0.29) is 0 Å². The van der Waals surface area contributed by atoms with Gasteiger partial charge in [-0.15, -0.1) is 5.10 Å². The normalized spacial score (nSPS) is 10.5. The lowest BCUT2D eigenvalue weighted by Gasteiger charge is -2.04. The Morgan fingerprint density at radius 1 is 1.24 bits per heavy atom. The highest BCUT2D eigenvalue weighted by Gasteiger charge is 2.00. The molecule has 0 bridgehead atoms. The zero-order valence-corrected chi connectivity index (χ0v) is 10.2.